The first-order valence-electron chi connectivity index (χ1n) is 5.44. The van der Waals surface area contributed by atoms with Gasteiger partial charge in [-0.25, -0.2) is 0 Å². The van der Waals surface area contributed by atoms with Crippen LogP contribution >= 0.6 is 0 Å². The molecule has 0 spiro atoms. The number of likely N-dealkylation sites (tertiary alicyclic amines) is 1. The summed E-state index contributed by atoms with van der Waals surface area (Å²) in [5.41, 5.74) is 0. The molecule has 1 aliphatic heterocycles. The van der Waals surface area contributed by atoms with Gasteiger partial charge in [0.15, 0.2) is 0 Å². The zero-order chi connectivity index (χ0) is 8.97. The zero-order valence-corrected chi connectivity index (χ0v) is 8.84. The minimum absolute atomic E-state index is 0.911. The number of hydrogen-bond donors (Lipinski definition) is 0. The third-order valence-electron chi connectivity index (χ3n) is 2.85. The molecule has 2 atom stereocenters. The van der Waals surface area contributed by atoms with Gasteiger partial charge >= 0.3 is 0 Å². The van der Waals surface area contributed by atoms with Crippen molar-refractivity contribution < 1.29 is 0 Å². The van der Waals surface area contributed by atoms with E-state index in [-0.39, 0.29) is 0 Å². The molecule has 2 unspecified atom stereocenters. The van der Waals surface area contributed by atoms with Gasteiger partial charge in [0, 0.05) is 6.54 Å². The SMILES string of the molecule is CCCN1CCC(C)CC(C)C1. The summed E-state index contributed by atoms with van der Waals surface area (Å²) in [5, 5.41) is 0. The first kappa shape index (κ1) is 10.0. The van der Waals surface area contributed by atoms with Crippen molar-refractivity contribution in [2.24, 2.45) is 11.8 Å². The Morgan fingerprint density at radius 3 is 2.67 bits per heavy atom. The van der Waals surface area contributed by atoms with Crippen LogP contribution in [0.15, 0.2) is 0 Å². The molecule has 12 heavy (non-hydrogen) atoms. The van der Waals surface area contributed by atoms with Crippen LogP contribution in [0.3, 0.4) is 0 Å². The highest BCUT2D eigenvalue weighted by Crippen LogP contribution is 2.20. The van der Waals surface area contributed by atoms with E-state index in [1.807, 2.05) is 0 Å². The molecule has 1 fully saturated rings. The summed E-state index contributed by atoms with van der Waals surface area (Å²) < 4.78 is 0. The molecule has 1 saturated heterocycles. The third kappa shape index (κ3) is 3.14. The largest absolute Gasteiger partial charge is 0.303 e. The summed E-state index contributed by atoms with van der Waals surface area (Å²) in [6.45, 7) is 11.0. The van der Waals surface area contributed by atoms with Gasteiger partial charge in [0.05, 0.1) is 0 Å². The molecule has 0 bridgehead atoms. The van der Waals surface area contributed by atoms with Crippen LogP contribution in [0.4, 0.5) is 0 Å². The van der Waals surface area contributed by atoms with Gasteiger partial charge in [0.1, 0.15) is 0 Å². The average molecular weight is 169 g/mol. The second-order valence-electron chi connectivity index (χ2n) is 4.54. The molecular formula is C11H23N. The standard InChI is InChI=1S/C11H23N/c1-4-6-12-7-5-10(2)8-11(3)9-12/h10-11H,4-9H2,1-3H3. The van der Waals surface area contributed by atoms with Gasteiger partial charge in [0.2, 0.25) is 0 Å². The van der Waals surface area contributed by atoms with Crippen LogP contribution in [0.1, 0.15) is 40.0 Å². The van der Waals surface area contributed by atoms with E-state index in [1.165, 1.54) is 38.9 Å². The highest BCUT2D eigenvalue weighted by Gasteiger charge is 2.17. The molecule has 0 aromatic carbocycles. The van der Waals surface area contributed by atoms with Gasteiger partial charge in [-0.1, -0.05) is 20.8 Å². The summed E-state index contributed by atoms with van der Waals surface area (Å²) in [7, 11) is 0. The maximum absolute atomic E-state index is 2.63. The Morgan fingerprint density at radius 1 is 1.25 bits per heavy atom. The van der Waals surface area contributed by atoms with Crippen LogP contribution in [-0.4, -0.2) is 24.5 Å². The Balaban J connectivity index is 2.35. The Labute approximate surface area is 77.1 Å². The van der Waals surface area contributed by atoms with Gasteiger partial charge < -0.3 is 4.90 Å². The topological polar surface area (TPSA) is 3.24 Å². The fourth-order valence-electron chi connectivity index (χ4n) is 2.33. The van der Waals surface area contributed by atoms with Crippen LogP contribution in [0.2, 0.25) is 0 Å². The van der Waals surface area contributed by atoms with Gasteiger partial charge in [-0.2, -0.15) is 0 Å². The molecule has 1 nitrogen and oxygen atoms in total. The third-order valence-corrected chi connectivity index (χ3v) is 2.85. The average Bonchev–Trinajstić information content (AvgIpc) is 2.13. The molecule has 0 aromatic heterocycles. The van der Waals surface area contributed by atoms with Crippen molar-refractivity contribution in [2.45, 2.75) is 40.0 Å². The molecule has 0 amide bonds. The molecule has 72 valence electrons. The fraction of sp³-hybridized carbons (Fsp3) is 1.00. The van der Waals surface area contributed by atoms with Gasteiger partial charge in [0.25, 0.3) is 0 Å². The van der Waals surface area contributed by atoms with Gasteiger partial charge in [-0.15, -0.1) is 0 Å². The normalized spacial score (nSPS) is 33.2. The molecule has 0 saturated carbocycles. The summed E-state index contributed by atoms with van der Waals surface area (Å²) in [6.07, 6.45) is 4.14. The fourth-order valence-corrected chi connectivity index (χ4v) is 2.33. The van der Waals surface area contributed by atoms with Crippen LogP contribution in [0.5, 0.6) is 0 Å². The lowest BCUT2D eigenvalue weighted by molar-refractivity contribution is 0.257. The molecular weight excluding hydrogens is 146 g/mol. The summed E-state index contributed by atoms with van der Waals surface area (Å²) >= 11 is 0. The van der Waals surface area contributed by atoms with Crippen LogP contribution in [0.25, 0.3) is 0 Å². The first-order valence-corrected chi connectivity index (χ1v) is 5.44. The Bertz CT molecular complexity index is 122. The molecule has 1 aliphatic rings. The second-order valence-corrected chi connectivity index (χ2v) is 4.54. The molecule has 0 aliphatic carbocycles. The van der Waals surface area contributed by atoms with E-state index in [9.17, 15) is 0 Å². The molecule has 0 N–H and O–H groups in total. The Hall–Kier alpha value is -0.0400. The van der Waals surface area contributed by atoms with Crippen molar-refractivity contribution in [1.82, 2.24) is 4.90 Å². The summed E-state index contributed by atoms with van der Waals surface area (Å²) in [5.74, 6) is 1.86. The minimum Gasteiger partial charge on any atom is -0.303 e. The van der Waals surface area contributed by atoms with Crippen molar-refractivity contribution in [3.05, 3.63) is 0 Å². The Kier molecular flexibility index (Phi) is 4.07. The van der Waals surface area contributed by atoms with E-state index in [4.69, 9.17) is 0 Å². The maximum atomic E-state index is 2.63. The van der Waals surface area contributed by atoms with E-state index in [2.05, 4.69) is 25.7 Å². The number of nitrogens with zero attached hydrogens (tertiary/aromatic N) is 1. The molecule has 1 heterocycles. The Morgan fingerprint density at radius 2 is 2.00 bits per heavy atom. The number of rotatable bonds is 2. The minimum atomic E-state index is 0.911. The molecule has 0 aromatic rings. The maximum Gasteiger partial charge on any atom is 0.000712 e. The van der Waals surface area contributed by atoms with Crippen molar-refractivity contribution in [2.75, 3.05) is 19.6 Å². The van der Waals surface area contributed by atoms with Crippen molar-refractivity contribution >= 4 is 0 Å². The van der Waals surface area contributed by atoms with Gasteiger partial charge in [-0.05, 0) is 44.2 Å². The zero-order valence-electron chi connectivity index (χ0n) is 8.84. The van der Waals surface area contributed by atoms with Crippen molar-refractivity contribution in [3.8, 4) is 0 Å². The number of hydrogen-bond acceptors (Lipinski definition) is 1. The van der Waals surface area contributed by atoms with E-state index in [0.717, 1.165) is 11.8 Å². The van der Waals surface area contributed by atoms with Crippen molar-refractivity contribution in [3.63, 3.8) is 0 Å². The highest BCUT2D eigenvalue weighted by molar-refractivity contribution is 4.71. The van der Waals surface area contributed by atoms with E-state index >= 15 is 0 Å². The van der Waals surface area contributed by atoms with E-state index in [1.54, 1.807) is 0 Å². The predicted molar refractivity (Wildman–Crippen MR) is 54.3 cm³/mol. The quantitative estimate of drug-likeness (QED) is 0.614. The molecule has 0 radical (unpaired) electrons. The smallest absolute Gasteiger partial charge is 0.000712 e. The van der Waals surface area contributed by atoms with Crippen LogP contribution < -0.4 is 0 Å². The lowest BCUT2D eigenvalue weighted by Crippen LogP contribution is -2.28. The predicted octanol–water partition coefficient (Wildman–Crippen LogP) is 2.76. The van der Waals surface area contributed by atoms with E-state index in [0.29, 0.717) is 0 Å². The lowest BCUT2D eigenvalue weighted by atomic mass is 9.97. The summed E-state index contributed by atoms with van der Waals surface area (Å²) in [6, 6.07) is 0. The molecule has 1 rings (SSSR count). The van der Waals surface area contributed by atoms with Gasteiger partial charge in [-0.3, -0.25) is 0 Å². The molecule has 1 heteroatoms. The highest BCUT2D eigenvalue weighted by atomic mass is 15.1. The lowest BCUT2D eigenvalue weighted by Gasteiger charge is -2.21. The van der Waals surface area contributed by atoms with Crippen LogP contribution in [-0.2, 0) is 0 Å². The first-order chi connectivity index (χ1) is 5.72. The monoisotopic (exact) mass is 169 g/mol. The van der Waals surface area contributed by atoms with E-state index < -0.39 is 0 Å². The van der Waals surface area contributed by atoms with Crippen LogP contribution in [0, 0.1) is 11.8 Å². The second kappa shape index (κ2) is 4.86. The van der Waals surface area contributed by atoms with Crippen molar-refractivity contribution in [1.29, 1.82) is 0 Å². The summed E-state index contributed by atoms with van der Waals surface area (Å²) in [4.78, 5) is 2.63.